The van der Waals surface area contributed by atoms with Crippen molar-refractivity contribution in [2.24, 2.45) is 0 Å². The zero-order valence-corrected chi connectivity index (χ0v) is 20.6. The third-order valence-electron chi connectivity index (χ3n) is 7.07. The number of aromatic nitrogens is 2. The number of pyridine rings is 1. The third kappa shape index (κ3) is 2.87. The van der Waals surface area contributed by atoms with E-state index in [0.717, 1.165) is 22.2 Å². The van der Waals surface area contributed by atoms with Crippen LogP contribution in [-0.2, 0) is 5.41 Å². The van der Waals surface area contributed by atoms with Gasteiger partial charge in [-0.15, -0.1) is 11.3 Å². The lowest BCUT2D eigenvalue weighted by Gasteiger charge is -2.20. The van der Waals surface area contributed by atoms with E-state index in [9.17, 15) is 5.11 Å². The van der Waals surface area contributed by atoms with Gasteiger partial charge in [0.25, 0.3) is 0 Å². The Bertz CT molecular complexity index is 1950. The Morgan fingerprint density at radius 3 is 2.17 bits per heavy atom. The van der Waals surface area contributed by atoms with Crippen LogP contribution in [-0.4, -0.2) is 14.7 Å². The van der Waals surface area contributed by atoms with Crippen LogP contribution in [0, 0.1) is 0 Å². The smallest absolute Gasteiger partial charge is 0.137 e. The minimum Gasteiger partial charge on any atom is -0.508 e. The summed E-state index contributed by atoms with van der Waals surface area (Å²) in [6.07, 6.45) is 1.90. The van der Waals surface area contributed by atoms with E-state index in [2.05, 4.69) is 86.0 Å². The first-order valence-electron chi connectivity index (χ1n) is 11.9. The van der Waals surface area contributed by atoms with E-state index < -0.39 is 0 Å². The Hall–Kier alpha value is -3.89. The van der Waals surface area contributed by atoms with Crippen molar-refractivity contribution in [3.63, 3.8) is 0 Å². The topological polar surface area (TPSA) is 38.0 Å². The molecule has 0 aliphatic carbocycles. The van der Waals surface area contributed by atoms with Gasteiger partial charge >= 0.3 is 0 Å². The molecule has 0 radical (unpaired) electrons. The van der Waals surface area contributed by atoms with E-state index in [0.29, 0.717) is 0 Å². The van der Waals surface area contributed by atoms with Crippen LogP contribution >= 0.6 is 11.3 Å². The maximum Gasteiger partial charge on any atom is 0.137 e. The molecule has 7 aromatic rings. The summed E-state index contributed by atoms with van der Waals surface area (Å²) in [7, 11) is 0. The SMILES string of the molecule is CC(C)(C)c1ccnc(-n2c3cc(O)ccc3c3sc4c5ccccc5c5ccccc5c4c32)c1. The molecule has 0 aliphatic heterocycles. The average Bonchev–Trinajstić information content (AvgIpc) is 3.38. The minimum atomic E-state index is 0.00150. The zero-order chi connectivity index (χ0) is 23.9. The summed E-state index contributed by atoms with van der Waals surface area (Å²) < 4.78 is 4.76. The van der Waals surface area contributed by atoms with Gasteiger partial charge in [0.05, 0.1) is 15.7 Å². The minimum absolute atomic E-state index is 0.00150. The Morgan fingerprint density at radius 2 is 1.43 bits per heavy atom. The lowest BCUT2D eigenvalue weighted by atomic mass is 9.88. The van der Waals surface area contributed by atoms with Gasteiger partial charge in [0.15, 0.2) is 0 Å². The molecule has 0 aliphatic rings. The summed E-state index contributed by atoms with van der Waals surface area (Å²) in [5.74, 6) is 1.13. The van der Waals surface area contributed by atoms with Crippen LogP contribution in [0.3, 0.4) is 0 Å². The Balaban J connectivity index is 1.76. The van der Waals surface area contributed by atoms with Gasteiger partial charge in [-0.3, -0.25) is 4.57 Å². The number of rotatable bonds is 1. The molecular weight excluding hydrogens is 448 g/mol. The summed E-state index contributed by atoms with van der Waals surface area (Å²) in [5, 5.41) is 17.9. The molecule has 7 rings (SSSR count). The lowest BCUT2D eigenvalue weighted by Crippen LogP contribution is -2.12. The highest BCUT2D eigenvalue weighted by molar-refractivity contribution is 7.27. The highest BCUT2D eigenvalue weighted by Crippen LogP contribution is 2.48. The largest absolute Gasteiger partial charge is 0.508 e. The standard InChI is InChI=1S/C31H24N2OS/c1-31(2,3)18-14-15-32-26(16-18)33-25-17-19(34)12-13-24(25)30-28(33)27-22-10-6-4-8-20(22)21-9-5-7-11-23(21)29(27)35-30/h4-17,34H,1-3H3. The number of phenolic OH excluding ortho intramolecular Hbond substituents is 1. The van der Waals surface area contributed by atoms with Gasteiger partial charge in [0.1, 0.15) is 11.6 Å². The van der Waals surface area contributed by atoms with Crippen LogP contribution in [0.1, 0.15) is 26.3 Å². The fourth-order valence-electron chi connectivity index (χ4n) is 5.37. The number of thiophene rings is 1. The first-order chi connectivity index (χ1) is 16.9. The molecule has 170 valence electrons. The molecule has 3 nitrogen and oxygen atoms in total. The van der Waals surface area contributed by atoms with Crippen molar-refractivity contribution in [2.45, 2.75) is 26.2 Å². The predicted molar refractivity (Wildman–Crippen MR) is 149 cm³/mol. The van der Waals surface area contributed by atoms with E-state index in [-0.39, 0.29) is 11.2 Å². The summed E-state index contributed by atoms with van der Waals surface area (Å²) in [6, 6.07) is 27.4. The van der Waals surface area contributed by atoms with Gasteiger partial charge in [-0.2, -0.15) is 0 Å². The van der Waals surface area contributed by atoms with Crippen molar-refractivity contribution in [1.29, 1.82) is 0 Å². The van der Waals surface area contributed by atoms with Crippen LogP contribution in [0.4, 0.5) is 0 Å². The van der Waals surface area contributed by atoms with Gasteiger partial charge in [-0.25, -0.2) is 4.98 Å². The Morgan fingerprint density at radius 1 is 0.743 bits per heavy atom. The van der Waals surface area contributed by atoms with Crippen molar-refractivity contribution in [3.8, 4) is 11.6 Å². The maximum absolute atomic E-state index is 10.4. The molecule has 4 aromatic carbocycles. The van der Waals surface area contributed by atoms with Crippen LogP contribution in [0.2, 0.25) is 0 Å². The monoisotopic (exact) mass is 472 g/mol. The van der Waals surface area contributed by atoms with E-state index in [4.69, 9.17) is 4.98 Å². The molecule has 35 heavy (non-hydrogen) atoms. The van der Waals surface area contributed by atoms with Crippen LogP contribution in [0.25, 0.3) is 58.6 Å². The summed E-state index contributed by atoms with van der Waals surface area (Å²) in [5.41, 5.74) is 3.36. The summed E-state index contributed by atoms with van der Waals surface area (Å²) in [4.78, 5) is 4.84. The second kappa shape index (κ2) is 7.06. The quantitative estimate of drug-likeness (QED) is 0.243. The molecule has 3 heterocycles. The molecule has 0 amide bonds. The van der Waals surface area contributed by atoms with Crippen LogP contribution in [0.15, 0.2) is 85.1 Å². The highest BCUT2D eigenvalue weighted by atomic mass is 32.1. The first-order valence-corrected chi connectivity index (χ1v) is 12.7. The molecular formula is C31H24N2OS. The summed E-state index contributed by atoms with van der Waals surface area (Å²) >= 11 is 1.84. The normalized spacial score (nSPS) is 12.5. The molecule has 1 N–H and O–H groups in total. The molecule has 0 fully saturated rings. The van der Waals surface area contributed by atoms with Gasteiger partial charge in [0.2, 0.25) is 0 Å². The number of aromatic hydroxyl groups is 1. The second-order valence-electron chi connectivity index (χ2n) is 10.3. The Labute approximate surface area is 206 Å². The van der Waals surface area contributed by atoms with Gasteiger partial charge < -0.3 is 5.11 Å². The molecule has 0 bridgehead atoms. The van der Waals surface area contributed by atoms with E-state index >= 15 is 0 Å². The van der Waals surface area contributed by atoms with Crippen molar-refractivity contribution >= 4 is 64.1 Å². The van der Waals surface area contributed by atoms with Crippen molar-refractivity contribution in [3.05, 3.63) is 90.6 Å². The van der Waals surface area contributed by atoms with Gasteiger partial charge in [0, 0.05) is 33.1 Å². The molecule has 3 aromatic heterocycles. The predicted octanol–water partition coefficient (Wildman–Crippen LogP) is 8.70. The molecule has 0 spiro atoms. The number of hydrogen-bond acceptors (Lipinski definition) is 3. The number of phenols is 1. The van der Waals surface area contributed by atoms with Crippen LogP contribution < -0.4 is 0 Å². The Kier molecular flexibility index (Phi) is 4.13. The fourth-order valence-corrected chi connectivity index (χ4v) is 6.75. The summed E-state index contributed by atoms with van der Waals surface area (Å²) in [6.45, 7) is 6.67. The lowest BCUT2D eigenvalue weighted by molar-refractivity contribution is 0.476. The molecule has 0 atom stereocenters. The molecule has 0 saturated carbocycles. The molecule has 4 heteroatoms. The van der Waals surface area contributed by atoms with Crippen molar-refractivity contribution in [1.82, 2.24) is 9.55 Å². The van der Waals surface area contributed by atoms with E-state index in [1.807, 2.05) is 29.7 Å². The third-order valence-corrected chi connectivity index (χ3v) is 8.32. The molecule has 0 unspecified atom stereocenters. The van der Waals surface area contributed by atoms with E-state index in [1.165, 1.54) is 41.9 Å². The number of hydrogen-bond donors (Lipinski definition) is 1. The van der Waals surface area contributed by atoms with E-state index in [1.54, 1.807) is 6.07 Å². The fraction of sp³-hybridized carbons (Fsp3) is 0.129. The second-order valence-corrected chi connectivity index (χ2v) is 11.3. The average molecular weight is 473 g/mol. The van der Waals surface area contributed by atoms with Gasteiger partial charge in [-0.1, -0.05) is 69.3 Å². The number of fused-ring (bicyclic) bond motifs is 10. The number of nitrogens with zero attached hydrogens (tertiary/aromatic N) is 2. The zero-order valence-electron chi connectivity index (χ0n) is 19.8. The van der Waals surface area contributed by atoms with Crippen molar-refractivity contribution in [2.75, 3.05) is 0 Å². The maximum atomic E-state index is 10.4. The molecule has 0 saturated heterocycles. The van der Waals surface area contributed by atoms with Gasteiger partial charge in [-0.05, 0) is 51.4 Å². The highest BCUT2D eigenvalue weighted by Gasteiger charge is 2.23. The number of benzene rings is 4. The van der Waals surface area contributed by atoms with Crippen molar-refractivity contribution < 1.29 is 5.11 Å². The van der Waals surface area contributed by atoms with Crippen LogP contribution in [0.5, 0.6) is 5.75 Å². The first kappa shape index (κ1) is 20.5.